The number of benzene rings is 1. The van der Waals surface area contributed by atoms with E-state index in [-0.39, 0.29) is 29.3 Å². The largest absolute Gasteiger partial charge is 0.477 e. The Balaban J connectivity index is 1.97. The van der Waals surface area contributed by atoms with E-state index in [2.05, 4.69) is 5.32 Å². The zero-order valence-electron chi connectivity index (χ0n) is 15.1. The van der Waals surface area contributed by atoms with Crippen LogP contribution < -0.4 is 15.6 Å². The first-order valence-corrected chi connectivity index (χ1v) is 9.09. The van der Waals surface area contributed by atoms with E-state index in [1.165, 1.54) is 12.3 Å². The topological polar surface area (TPSA) is 74.6 Å². The molecule has 2 atom stereocenters. The maximum atomic E-state index is 15.0. The minimum absolute atomic E-state index is 0.00443. The number of piperazine rings is 1. The number of pyridine rings is 1. The Morgan fingerprint density at radius 2 is 1.81 bits per heavy atom. The average Bonchev–Trinajstić information content (AvgIpc) is 3.41. The minimum atomic E-state index is -1.44. The predicted molar refractivity (Wildman–Crippen MR) is 97.6 cm³/mol. The molecule has 2 heterocycles. The summed E-state index contributed by atoms with van der Waals surface area (Å²) in [6.45, 7) is 4.95. The van der Waals surface area contributed by atoms with E-state index in [9.17, 15) is 23.5 Å². The lowest BCUT2D eigenvalue weighted by molar-refractivity contribution is 0.0695. The number of aromatic carboxylic acids is 1. The fourth-order valence-electron chi connectivity index (χ4n) is 3.98. The van der Waals surface area contributed by atoms with Crippen molar-refractivity contribution in [3.63, 3.8) is 0 Å². The van der Waals surface area contributed by atoms with Crippen LogP contribution >= 0.6 is 0 Å². The molecule has 144 valence electrons. The Morgan fingerprint density at radius 1 is 1.19 bits per heavy atom. The molecular formula is C19H21F2N3O3. The monoisotopic (exact) mass is 377 g/mol. The molecule has 1 aliphatic carbocycles. The SMILES string of the molecule is C[C@@H]1CN(c2cc3c(c(F)c2F)c(=O)c(C(=O)O)cn3C2CC2)C[C@H](C)N1. The summed E-state index contributed by atoms with van der Waals surface area (Å²) in [5.74, 6) is -3.82. The lowest BCUT2D eigenvalue weighted by atomic mass is 10.1. The third-order valence-electron chi connectivity index (χ3n) is 5.25. The normalized spacial score (nSPS) is 23.0. The van der Waals surface area contributed by atoms with Gasteiger partial charge in [0.15, 0.2) is 11.6 Å². The van der Waals surface area contributed by atoms with Gasteiger partial charge in [-0.25, -0.2) is 13.6 Å². The molecule has 2 N–H and O–H groups in total. The van der Waals surface area contributed by atoms with Gasteiger partial charge < -0.3 is 19.9 Å². The van der Waals surface area contributed by atoms with Gasteiger partial charge in [0.05, 0.1) is 16.6 Å². The van der Waals surface area contributed by atoms with Gasteiger partial charge in [-0.15, -0.1) is 0 Å². The van der Waals surface area contributed by atoms with Gasteiger partial charge in [0, 0.05) is 37.4 Å². The molecule has 27 heavy (non-hydrogen) atoms. The molecule has 0 spiro atoms. The summed E-state index contributed by atoms with van der Waals surface area (Å²) in [4.78, 5) is 25.7. The Hall–Kier alpha value is -2.48. The Labute approximate surface area is 154 Å². The van der Waals surface area contributed by atoms with Crippen molar-refractivity contribution in [2.24, 2.45) is 0 Å². The fraction of sp³-hybridized carbons (Fsp3) is 0.474. The number of anilines is 1. The van der Waals surface area contributed by atoms with Crippen LogP contribution in [0.5, 0.6) is 0 Å². The van der Waals surface area contributed by atoms with Crippen molar-refractivity contribution in [1.82, 2.24) is 9.88 Å². The van der Waals surface area contributed by atoms with E-state index in [0.717, 1.165) is 12.8 Å². The first kappa shape index (κ1) is 17.9. The molecule has 0 amide bonds. The molecule has 2 fully saturated rings. The maximum absolute atomic E-state index is 15.0. The molecular weight excluding hydrogens is 356 g/mol. The molecule has 1 aromatic carbocycles. The van der Waals surface area contributed by atoms with Gasteiger partial charge in [-0.05, 0) is 32.8 Å². The summed E-state index contributed by atoms with van der Waals surface area (Å²) in [7, 11) is 0. The zero-order chi connectivity index (χ0) is 19.5. The first-order chi connectivity index (χ1) is 12.8. The van der Waals surface area contributed by atoms with E-state index < -0.39 is 34.0 Å². The number of carboxylic acid groups (broad SMARTS) is 1. The first-order valence-electron chi connectivity index (χ1n) is 9.09. The van der Waals surface area contributed by atoms with Crippen LogP contribution in [0.15, 0.2) is 17.1 Å². The highest BCUT2D eigenvalue weighted by Crippen LogP contribution is 2.39. The van der Waals surface area contributed by atoms with Crippen molar-refractivity contribution in [2.75, 3.05) is 18.0 Å². The van der Waals surface area contributed by atoms with Gasteiger partial charge in [0.25, 0.3) is 0 Å². The number of rotatable bonds is 3. The number of carboxylic acids is 1. The van der Waals surface area contributed by atoms with Gasteiger partial charge in [-0.1, -0.05) is 0 Å². The minimum Gasteiger partial charge on any atom is -0.477 e. The van der Waals surface area contributed by atoms with Crippen molar-refractivity contribution in [3.8, 4) is 0 Å². The summed E-state index contributed by atoms with van der Waals surface area (Å²) in [5.41, 5.74) is -1.17. The molecule has 1 aliphatic heterocycles. The van der Waals surface area contributed by atoms with E-state index in [1.807, 2.05) is 13.8 Å². The predicted octanol–water partition coefficient (Wildman–Crippen LogP) is 2.50. The van der Waals surface area contributed by atoms with Gasteiger partial charge >= 0.3 is 5.97 Å². The van der Waals surface area contributed by atoms with Crippen LogP contribution in [0.3, 0.4) is 0 Å². The number of halogens is 2. The molecule has 1 saturated carbocycles. The number of nitrogens with zero attached hydrogens (tertiary/aromatic N) is 2. The Bertz CT molecular complexity index is 990. The second-order valence-corrected chi connectivity index (χ2v) is 7.61. The van der Waals surface area contributed by atoms with E-state index in [0.29, 0.717) is 13.1 Å². The number of hydrogen-bond donors (Lipinski definition) is 2. The number of hydrogen-bond acceptors (Lipinski definition) is 4. The van der Waals surface area contributed by atoms with Crippen LogP contribution in [0.4, 0.5) is 14.5 Å². The quantitative estimate of drug-likeness (QED) is 0.860. The Morgan fingerprint density at radius 3 is 2.37 bits per heavy atom. The fourth-order valence-corrected chi connectivity index (χ4v) is 3.98. The molecule has 6 nitrogen and oxygen atoms in total. The summed E-state index contributed by atoms with van der Waals surface area (Å²) in [6.07, 6.45) is 2.88. The highest BCUT2D eigenvalue weighted by molar-refractivity contribution is 5.94. The zero-order valence-corrected chi connectivity index (χ0v) is 15.1. The highest BCUT2D eigenvalue weighted by Gasteiger charge is 2.31. The van der Waals surface area contributed by atoms with Crippen molar-refractivity contribution in [2.45, 2.75) is 44.8 Å². The van der Waals surface area contributed by atoms with E-state index >= 15 is 0 Å². The molecule has 1 aromatic heterocycles. The second kappa shape index (κ2) is 6.30. The third kappa shape index (κ3) is 2.97. The van der Waals surface area contributed by atoms with Crippen molar-refractivity contribution in [3.05, 3.63) is 39.7 Å². The second-order valence-electron chi connectivity index (χ2n) is 7.61. The summed E-state index contributed by atoms with van der Waals surface area (Å²) >= 11 is 0. The molecule has 0 unspecified atom stereocenters. The number of nitrogens with one attached hydrogen (secondary N) is 1. The molecule has 2 aliphatic rings. The van der Waals surface area contributed by atoms with Gasteiger partial charge in [-0.2, -0.15) is 0 Å². The number of carbonyl (C=O) groups is 1. The van der Waals surface area contributed by atoms with Crippen molar-refractivity contribution in [1.29, 1.82) is 0 Å². The maximum Gasteiger partial charge on any atom is 0.341 e. The van der Waals surface area contributed by atoms with Crippen LogP contribution in [-0.2, 0) is 0 Å². The lowest BCUT2D eigenvalue weighted by Gasteiger charge is -2.38. The summed E-state index contributed by atoms with van der Waals surface area (Å²) < 4.78 is 31.5. The van der Waals surface area contributed by atoms with Crippen LogP contribution in [0.25, 0.3) is 10.9 Å². The van der Waals surface area contributed by atoms with Crippen LogP contribution in [-0.4, -0.2) is 40.8 Å². The van der Waals surface area contributed by atoms with Crippen LogP contribution in [0.2, 0.25) is 0 Å². The molecule has 0 radical (unpaired) electrons. The standard InChI is InChI=1S/C19H21F2N3O3/c1-9-6-23(7-10(2)22-9)14-5-13-15(17(21)16(14)20)18(25)12(19(26)27)8-24(13)11-3-4-11/h5,8-11,22H,3-4,6-7H2,1-2H3,(H,26,27)/t9-,10+. The third-order valence-corrected chi connectivity index (χ3v) is 5.25. The summed E-state index contributed by atoms with van der Waals surface area (Å²) in [6, 6.07) is 1.70. The highest BCUT2D eigenvalue weighted by atomic mass is 19.2. The molecule has 2 aromatic rings. The van der Waals surface area contributed by atoms with Gasteiger partial charge in [0.2, 0.25) is 5.43 Å². The Kier molecular flexibility index (Phi) is 4.18. The van der Waals surface area contributed by atoms with E-state index in [4.69, 9.17) is 0 Å². The lowest BCUT2D eigenvalue weighted by Crippen LogP contribution is -2.54. The number of aromatic nitrogens is 1. The molecule has 4 rings (SSSR count). The molecule has 8 heteroatoms. The van der Waals surface area contributed by atoms with Crippen LogP contribution in [0.1, 0.15) is 43.1 Å². The van der Waals surface area contributed by atoms with Crippen molar-refractivity contribution < 1.29 is 18.7 Å². The average molecular weight is 377 g/mol. The molecule has 1 saturated heterocycles. The number of fused-ring (bicyclic) bond motifs is 1. The smallest absolute Gasteiger partial charge is 0.341 e. The summed E-state index contributed by atoms with van der Waals surface area (Å²) in [5, 5.41) is 12.1. The van der Waals surface area contributed by atoms with Gasteiger partial charge in [-0.3, -0.25) is 4.79 Å². The van der Waals surface area contributed by atoms with Crippen LogP contribution in [0, 0.1) is 11.6 Å². The van der Waals surface area contributed by atoms with Crippen molar-refractivity contribution >= 4 is 22.6 Å². The van der Waals surface area contributed by atoms with Gasteiger partial charge in [0.1, 0.15) is 5.56 Å². The molecule has 0 bridgehead atoms. The van der Waals surface area contributed by atoms with E-state index in [1.54, 1.807) is 9.47 Å².